The Morgan fingerprint density at radius 1 is 1.10 bits per heavy atom. The third-order valence-corrected chi connectivity index (χ3v) is 2.90. The summed E-state index contributed by atoms with van der Waals surface area (Å²) in [6, 6.07) is 11.1. The van der Waals surface area contributed by atoms with Crippen LogP contribution < -0.4 is 11.1 Å². The summed E-state index contributed by atoms with van der Waals surface area (Å²) in [5.74, 6) is -1.35. The molecule has 5 heteroatoms. The van der Waals surface area contributed by atoms with Crippen LogP contribution in [0.2, 0.25) is 0 Å². The average molecular weight is 270 g/mol. The second kappa shape index (κ2) is 5.44. The molecule has 0 saturated heterocycles. The summed E-state index contributed by atoms with van der Waals surface area (Å²) in [5, 5.41) is 11.6. The van der Waals surface area contributed by atoms with Crippen molar-refractivity contribution in [2.75, 3.05) is 11.1 Å². The van der Waals surface area contributed by atoms with Crippen LogP contribution in [0.1, 0.15) is 26.3 Å². The number of carbonyl (C=O) groups is 2. The Kier molecular flexibility index (Phi) is 3.70. The predicted molar refractivity (Wildman–Crippen MR) is 76.9 cm³/mol. The van der Waals surface area contributed by atoms with Crippen LogP contribution in [0.3, 0.4) is 0 Å². The first-order valence-corrected chi connectivity index (χ1v) is 5.98. The summed E-state index contributed by atoms with van der Waals surface area (Å²) in [6.07, 6.45) is 0. The van der Waals surface area contributed by atoms with Gasteiger partial charge in [0.05, 0.1) is 5.56 Å². The number of nitrogens with two attached hydrogens (primary N) is 1. The number of aromatic carboxylic acids is 1. The van der Waals surface area contributed by atoms with Gasteiger partial charge in [-0.1, -0.05) is 6.07 Å². The molecule has 1 amide bonds. The number of hydrogen-bond donors (Lipinski definition) is 3. The van der Waals surface area contributed by atoms with Gasteiger partial charge in [-0.05, 0) is 48.9 Å². The minimum atomic E-state index is -1.04. The Bertz CT molecular complexity index is 681. The zero-order chi connectivity index (χ0) is 14.7. The van der Waals surface area contributed by atoms with Crippen molar-refractivity contribution in [2.45, 2.75) is 6.92 Å². The second-order valence-corrected chi connectivity index (χ2v) is 4.41. The molecule has 0 aliphatic heterocycles. The van der Waals surface area contributed by atoms with E-state index in [1.165, 1.54) is 12.1 Å². The molecule has 0 aliphatic rings. The molecule has 2 aromatic rings. The smallest absolute Gasteiger partial charge is 0.335 e. The molecule has 0 radical (unpaired) electrons. The fraction of sp³-hybridized carbons (Fsp3) is 0.0667. The molecule has 0 unspecified atom stereocenters. The molecular formula is C15H14N2O3. The fourth-order valence-corrected chi connectivity index (χ4v) is 1.75. The van der Waals surface area contributed by atoms with Gasteiger partial charge < -0.3 is 16.2 Å². The minimum absolute atomic E-state index is 0.122. The Balaban J connectivity index is 2.21. The molecule has 2 rings (SSSR count). The molecule has 102 valence electrons. The van der Waals surface area contributed by atoms with Gasteiger partial charge in [-0.25, -0.2) is 4.79 Å². The lowest BCUT2D eigenvalue weighted by Gasteiger charge is -2.07. The van der Waals surface area contributed by atoms with Gasteiger partial charge in [0.25, 0.3) is 5.91 Å². The van der Waals surface area contributed by atoms with E-state index in [-0.39, 0.29) is 11.5 Å². The van der Waals surface area contributed by atoms with Crippen molar-refractivity contribution in [3.8, 4) is 0 Å². The van der Waals surface area contributed by atoms with Gasteiger partial charge in [0.2, 0.25) is 0 Å². The zero-order valence-corrected chi connectivity index (χ0v) is 10.9. The number of carbonyl (C=O) groups excluding carboxylic acids is 1. The lowest BCUT2D eigenvalue weighted by molar-refractivity contribution is 0.0696. The van der Waals surface area contributed by atoms with Crippen LogP contribution in [0.25, 0.3) is 0 Å². The number of hydrogen-bond acceptors (Lipinski definition) is 3. The van der Waals surface area contributed by atoms with Crippen molar-refractivity contribution in [1.29, 1.82) is 0 Å². The summed E-state index contributed by atoms with van der Waals surface area (Å²) < 4.78 is 0. The fourth-order valence-electron chi connectivity index (χ4n) is 1.75. The number of aryl methyl sites for hydroxylation is 1. The van der Waals surface area contributed by atoms with E-state index in [9.17, 15) is 9.59 Å². The number of anilines is 2. The summed E-state index contributed by atoms with van der Waals surface area (Å²) in [4.78, 5) is 22.9. The normalized spacial score (nSPS) is 10.1. The number of nitrogens with one attached hydrogen (secondary N) is 1. The van der Waals surface area contributed by atoms with Crippen molar-refractivity contribution in [1.82, 2.24) is 0 Å². The van der Waals surface area contributed by atoms with Crippen molar-refractivity contribution in [3.63, 3.8) is 0 Å². The molecule has 0 bridgehead atoms. The lowest BCUT2D eigenvalue weighted by atomic mass is 10.1. The maximum atomic E-state index is 12.1. The third kappa shape index (κ3) is 2.95. The van der Waals surface area contributed by atoms with Crippen LogP contribution >= 0.6 is 0 Å². The van der Waals surface area contributed by atoms with Crippen molar-refractivity contribution >= 4 is 23.3 Å². The molecule has 0 fully saturated rings. The maximum absolute atomic E-state index is 12.1. The highest BCUT2D eigenvalue weighted by Gasteiger charge is 2.09. The van der Waals surface area contributed by atoms with E-state index in [2.05, 4.69) is 5.32 Å². The highest BCUT2D eigenvalue weighted by atomic mass is 16.4. The summed E-state index contributed by atoms with van der Waals surface area (Å²) in [5.41, 5.74) is 8.16. The highest BCUT2D eigenvalue weighted by molar-refractivity contribution is 6.05. The largest absolute Gasteiger partial charge is 0.478 e. The highest BCUT2D eigenvalue weighted by Crippen LogP contribution is 2.16. The van der Waals surface area contributed by atoms with Crippen LogP contribution in [0.5, 0.6) is 0 Å². The van der Waals surface area contributed by atoms with E-state index in [0.717, 1.165) is 5.56 Å². The molecule has 0 atom stereocenters. The molecule has 0 aromatic heterocycles. The molecule has 0 heterocycles. The lowest BCUT2D eigenvalue weighted by Crippen LogP contribution is -2.12. The summed E-state index contributed by atoms with van der Waals surface area (Å²) in [7, 11) is 0. The molecule has 0 saturated carbocycles. The molecule has 5 nitrogen and oxygen atoms in total. The standard InChI is InChI=1S/C15H14N2O3/c1-9-7-10(5-6-13(9)16)14(18)17-12-4-2-3-11(8-12)15(19)20/h2-8H,16H2,1H3,(H,17,18)(H,19,20). The van der Waals surface area contributed by atoms with Crippen LogP contribution in [0, 0.1) is 6.92 Å². The molecule has 20 heavy (non-hydrogen) atoms. The van der Waals surface area contributed by atoms with Gasteiger partial charge >= 0.3 is 5.97 Å². The molecule has 0 aliphatic carbocycles. The number of nitrogen functional groups attached to an aromatic ring is 1. The van der Waals surface area contributed by atoms with Crippen molar-refractivity contribution < 1.29 is 14.7 Å². The van der Waals surface area contributed by atoms with E-state index in [1.54, 1.807) is 30.3 Å². The monoisotopic (exact) mass is 270 g/mol. The maximum Gasteiger partial charge on any atom is 0.335 e. The summed E-state index contributed by atoms with van der Waals surface area (Å²) in [6.45, 7) is 1.82. The van der Waals surface area contributed by atoms with Crippen LogP contribution in [-0.2, 0) is 0 Å². The number of carboxylic acid groups (broad SMARTS) is 1. The van der Waals surface area contributed by atoms with E-state index in [1.807, 2.05) is 6.92 Å². The third-order valence-electron chi connectivity index (χ3n) is 2.90. The molecule has 2 aromatic carbocycles. The second-order valence-electron chi connectivity index (χ2n) is 4.41. The topological polar surface area (TPSA) is 92.4 Å². The van der Waals surface area contributed by atoms with Gasteiger partial charge in [0, 0.05) is 16.9 Å². The Hall–Kier alpha value is -2.82. The van der Waals surface area contributed by atoms with Crippen LogP contribution in [0.15, 0.2) is 42.5 Å². The van der Waals surface area contributed by atoms with Gasteiger partial charge in [0.15, 0.2) is 0 Å². The Morgan fingerprint density at radius 3 is 2.50 bits per heavy atom. The average Bonchev–Trinajstić information content (AvgIpc) is 2.42. The molecule has 0 spiro atoms. The van der Waals surface area contributed by atoms with E-state index < -0.39 is 5.97 Å². The molecular weight excluding hydrogens is 256 g/mol. The molecule has 4 N–H and O–H groups in total. The number of benzene rings is 2. The van der Waals surface area contributed by atoms with Crippen molar-refractivity contribution in [3.05, 3.63) is 59.2 Å². The van der Waals surface area contributed by atoms with Gasteiger partial charge in [-0.15, -0.1) is 0 Å². The first-order valence-electron chi connectivity index (χ1n) is 5.98. The van der Waals surface area contributed by atoms with Gasteiger partial charge in [-0.3, -0.25) is 4.79 Å². The Morgan fingerprint density at radius 2 is 1.85 bits per heavy atom. The first-order chi connectivity index (χ1) is 9.47. The SMILES string of the molecule is Cc1cc(C(=O)Nc2cccc(C(=O)O)c2)ccc1N. The van der Waals surface area contributed by atoms with Crippen LogP contribution in [-0.4, -0.2) is 17.0 Å². The van der Waals surface area contributed by atoms with Gasteiger partial charge in [-0.2, -0.15) is 0 Å². The number of carboxylic acids is 1. The Labute approximate surface area is 116 Å². The van der Waals surface area contributed by atoms with E-state index >= 15 is 0 Å². The minimum Gasteiger partial charge on any atom is -0.478 e. The number of rotatable bonds is 3. The quantitative estimate of drug-likeness (QED) is 0.747. The van der Waals surface area contributed by atoms with E-state index in [0.29, 0.717) is 16.9 Å². The zero-order valence-electron chi connectivity index (χ0n) is 10.9. The predicted octanol–water partition coefficient (Wildman–Crippen LogP) is 2.53. The first kappa shape index (κ1) is 13.6. The van der Waals surface area contributed by atoms with Gasteiger partial charge in [0.1, 0.15) is 0 Å². The summed E-state index contributed by atoms with van der Waals surface area (Å²) >= 11 is 0. The van der Waals surface area contributed by atoms with Crippen LogP contribution in [0.4, 0.5) is 11.4 Å². The number of amides is 1. The van der Waals surface area contributed by atoms with Crippen molar-refractivity contribution in [2.24, 2.45) is 0 Å². The van der Waals surface area contributed by atoms with E-state index in [4.69, 9.17) is 10.8 Å².